The maximum Gasteiger partial charge on any atom is 0.273 e. The second-order valence-corrected chi connectivity index (χ2v) is 5.96. The van der Waals surface area contributed by atoms with Gasteiger partial charge in [0.05, 0.1) is 6.54 Å². The van der Waals surface area contributed by atoms with E-state index in [1.807, 2.05) is 61.5 Å². The van der Waals surface area contributed by atoms with Crippen LogP contribution in [-0.2, 0) is 4.79 Å². The Balaban J connectivity index is 1.71. The molecular weight excluding hydrogens is 314 g/mol. The topological polar surface area (TPSA) is 62.3 Å². The van der Waals surface area contributed by atoms with E-state index < -0.39 is 0 Å². The number of pyridine rings is 1. The number of amides is 2. The molecule has 0 unspecified atom stereocenters. The molecule has 3 aromatic rings. The average Bonchev–Trinajstić information content (AvgIpc) is 2.62. The molecule has 5 nitrogen and oxygen atoms in total. The Hall–Kier alpha value is -3.21. The van der Waals surface area contributed by atoms with Crippen molar-refractivity contribution in [3.05, 3.63) is 72.1 Å². The molecule has 0 spiro atoms. The predicted molar refractivity (Wildman–Crippen MR) is 98.5 cm³/mol. The molecule has 1 N–H and O–H groups in total. The number of hydrogen-bond acceptors (Lipinski definition) is 3. The number of aromatic nitrogens is 1. The van der Waals surface area contributed by atoms with E-state index in [2.05, 4.69) is 10.3 Å². The van der Waals surface area contributed by atoms with Gasteiger partial charge in [0.1, 0.15) is 5.69 Å². The second kappa shape index (κ2) is 7.13. The second-order valence-electron chi connectivity index (χ2n) is 5.96. The van der Waals surface area contributed by atoms with Crippen LogP contribution in [0.4, 0.5) is 5.69 Å². The molecule has 0 saturated carbocycles. The van der Waals surface area contributed by atoms with Gasteiger partial charge in [-0.25, -0.2) is 0 Å². The van der Waals surface area contributed by atoms with E-state index in [0.717, 1.165) is 16.3 Å². The van der Waals surface area contributed by atoms with Crippen LogP contribution >= 0.6 is 0 Å². The molecule has 126 valence electrons. The quantitative estimate of drug-likeness (QED) is 0.797. The van der Waals surface area contributed by atoms with Crippen molar-refractivity contribution in [3.8, 4) is 0 Å². The van der Waals surface area contributed by atoms with Crippen LogP contribution < -0.4 is 5.32 Å². The first-order chi connectivity index (χ1) is 12.0. The molecule has 5 heteroatoms. The lowest BCUT2D eigenvalue weighted by atomic mass is 10.1. The lowest BCUT2D eigenvalue weighted by Gasteiger charge is -2.17. The van der Waals surface area contributed by atoms with Crippen molar-refractivity contribution in [1.82, 2.24) is 9.88 Å². The molecule has 1 aromatic heterocycles. The van der Waals surface area contributed by atoms with Crippen molar-refractivity contribution in [2.24, 2.45) is 0 Å². The van der Waals surface area contributed by atoms with Gasteiger partial charge < -0.3 is 10.2 Å². The molecule has 2 aromatic carbocycles. The third-order valence-corrected chi connectivity index (χ3v) is 3.94. The molecule has 0 aliphatic rings. The lowest BCUT2D eigenvalue weighted by Crippen LogP contribution is -2.35. The highest BCUT2D eigenvalue weighted by atomic mass is 16.2. The number of nitrogens with one attached hydrogen (secondary N) is 1. The first-order valence-corrected chi connectivity index (χ1v) is 8.00. The van der Waals surface area contributed by atoms with Gasteiger partial charge >= 0.3 is 0 Å². The van der Waals surface area contributed by atoms with Crippen LogP contribution in [0.1, 0.15) is 16.1 Å². The third-order valence-electron chi connectivity index (χ3n) is 3.94. The molecule has 1 heterocycles. The van der Waals surface area contributed by atoms with Crippen molar-refractivity contribution >= 4 is 28.3 Å². The van der Waals surface area contributed by atoms with Crippen LogP contribution in [0.3, 0.4) is 0 Å². The third kappa shape index (κ3) is 3.83. The number of hydrogen-bond donors (Lipinski definition) is 1. The first kappa shape index (κ1) is 16.6. The monoisotopic (exact) mass is 333 g/mol. The molecule has 0 aliphatic carbocycles. The fourth-order valence-corrected chi connectivity index (χ4v) is 2.60. The summed E-state index contributed by atoms with van der Waals surface area (Å²) in [5.74, 6) is -0.532. The van der Waals surface area contributed by atoms with Gasteiger partial charge in [0.25, 0.3) is 5.91 Å². The molecule has 2 amide bonds. The van der Waals surface area contributed by atoms with Crippen LogP contribution in [0, 0.1) is 6.92 Å². The maximum absolute atomic E-state index is 12.7. The standard InChI is InChI=1S/C20H19N3O2/c1-14-7-9-16(10-8-14)22-18(24)13-23(2)20(25)19-17-6-4-3-5-15(17)11-12-21-19/h3-12H,13H2,1-2H3,(H,22,24). The van der Waals surface area contributed by atoms with Gasteiger partial charge in [-0.3, -0.25) is 14.6 Å². The number of carbonyl (C=O) groups excluding carboxylic acids is 2. The van der Waals surface area contributed by atoms with Gasteiger partial charge in [-0.1, -0.05) is 42.0 Å². The number of aryl methyl sites for hydroxylation is 1. The van der Waals surface area contributed by atoms with E-state index in [1.54, 1.807) is 13.2 Å². The number of fused-ring (bicyclic) bond motifs is 1. The van der Waals surface area contributed by atoms with Gasteiger partial charge in [0, 0.05) is 24.3 Å². The zero-order valence-electron chi connectivity index (χ0n) is 14.2. The minimum absolute atomic E-state index is 0.0440. The lowest BCUT2D eigenvalue weighted by molar-refractivity contribution is -0.116. The SMILES string of the molecule is Cc1ccc(NC(=O)CN(C)C(=O)c2nccc3ccccc23)cc1. The molecule has 0 fully saturated rings. The summed E-state index contributed by atoms with van der Waals surface area (Å²) in [4.78, 5) is 30.4. The van der Waals surface area contributed by atoms with E-state index in [-0.39, 0.29) is 18.4 Å². The minimum Gasteiger partial charge on any atom is -0.331 e. The normalized spacial score (nSPS) is 10.5. The molecular formula is C20H19N3O2. The summed E-state index contributed by atoms with van der Waals surface area (Å²) in [6.45, 7) is 1.94. The highest BCUT2D eigenvalue weighted by Crippen LogP contribution is 2.17. The van der Waals surface area contributed by atoms with E-state index >= 15 is 0 Å². The number of carbonyl (C=O) groups is 2. The van der Waals surface area contributed by atoms with Crippen molar-refractivity contribution in [1.29, 1.82) is 0 Å². The predicted octanol–water partition coefficient (Wildman–Crippen LogP) is 3.25. The van der Waals surface area contributed by atoms with E-state index in [0.29, 0.717) is 11.4 Å². The highest BCUT2D eigenvalue weighted by molar-refractivity contribution is 6.06. The summed E-state index contributed by atoms with van der Waals surface area (Å²) < 4.78 is 0. The fraction of sp³-hybridized carbons (Fsp3) is 0.150. The van der Waals surface area contributed by atoms with Crippen molar-refractivity contribution < 1.29 is 9.59 Å². The van der Waals surface area contributed by atoms with Crippen LogP contribution in [-0.4, -0.2) is 35.3 Å². The maximum atomic E-state index is 12.7. The van der Waals surface area contributed by atoms with Gasteiger partial charge in [-0.05, 0) is 30.5 Å². The smallest absolute Gasteiger partial charge is 0.273 e. The molecule has 0 aliphatic heterocycles. The molecule has 0 radical (unpaired) electrons. The Labute approximate surface area is 146 Å². The largest absolute Gasteiger partial charge is 0.331 e. The fourth-order valence-electron chi connectivity index (χ4n) is 2.60. The number of nitrogens with zero attached hydrogens (tertiary/aromatic N) is 2. The van der Waals surface area contributed by atoms with Crippen LogP contribution in [0.25, 0.3) is 10.8 Å². The Kier molecular flexibility index (Phi) is 4.75. The Morgan fingerprint density at radius 2 is 1.76 bits per heavy atom. The first-order valence-electron chi connectivity index (χ1n) is 8.00. The van der Waals surface area contributed by atoms with Crippen molar-refractivity contribution in [2.45, 2.75) is 6.92 Å². The van der Waals surface area contributed by atoms with Crippen LogP contribution in [0.2, 0.25) is 0 Å². The summed E-state index contributed by atoms with van der Waals surface area (Å²) in [7, 11) is 1.60. The molecule has 25 heavy (non-hydrogen) atoms. The Bertz CT molecular complexity index is 914. The zero-order valence-corrected chi connectivity index (χ0v) is 14.2. The molecule has 0 bridgehead atoms. The summed E-state index contributed by atoms with van der Waals surface area (Å²) >= 11 is 0. The number of benzene rings is 2. The van der Waals surface area contributed by atoms with Crippen LogP contribution in [0.5, 0.6) is 0 Å². The van der Waals surface area contributed by atoms with E-state index in [1.165, 1.54) is 4.90 Å². The average molecular weight is 333 g/mol. The highest BCUT2D eigenvalue weighted by Gasteiger charge is 2.18. The van der Waals surface area contributed by atoms with Gasteiger partial charge in [0.2, 0.25) is 5.91 Å². The molecule has 0 atom stereocenters. The summed E-state index contributed by atoms with van der Waals surface area (Å²) in [5, 5.41) is 4.51. The Morgan fingerprint density at radius 3 is 2.52 bits per heavy atom. The van der Waals surface area contributed by atoms with Gasteiger partial charge in [0.15, 0.2) is 0 Å². The van der Waals surface area contributed by atoms with E-state index in [4.69, 9.17) is 0 Å². The van der Waals surface area contributed by atoms with Gasteiger partial charge in [-0.2, -0.15) is 0 Å². The summed E-state index contributed by atoms with van der Waals surface area (Å²) in [6, 6.07) is 16.9. The number of likely N-dealkylation sites (N-methyl/N-ethyl adjacent to an activating group) is 1. The molecule has 0 saturated heterocycles. The van der Waals surface area contributed by atoms with Gasteiger partial charge in [-0.15, -0.1) is 0 Å². The summed E-state index contributed by atoms with van der Waals surface area (Å²) in [5.41, 5.74) is 2.18. The minimum atomic E-state index is -0.282. The number of rotatable bonds is 4. The summed E-state index contributed by atoms with van der Waals surface area (Å²) in [6.07, 6.45) is 1.61. The van der Waals surface area contributed by atoms with Crippen molar-refractivity contribution in [2.75, 3.05) is 18.9 Å². The van der Waals surface area contributed by atoms with Crippen LogP contribution in [0.15, 0.2) is 60.8 Å². The molecule has 3 rings (SSSR count). The van der Waals surface area contributed by atoms with Crippen molar-refractivity contribution in [3.63, 3.8) is 0 Å². The Morgan fingerprint density at radius 1 is 1.04 bits per heavy atom. The van der Waals surface area contributed by atoms with E-state index in [9.17, 15) is 9.59 Å². The number of anilines is 1. The zero-order chi connectivity index (χ0) is 17.8.